The van der Waals surface area contributed by atoms with Crippen molar-refractivity contribution in [2.75, 3.05) is 38.2 Å². The highest BCUT2D eigenvalue weighted by molar-refractivity contribution is 5.68. The van der Waals surface area contributed by atoms with Gasteiger partial charge in [0.25, 0.3) is 0 Å². The smallest absolute Gasteiger partial charge is 0.410 e. The third kappa shape index (κ3) is 4.00. The Hall–Kier alpha value is -1.98. The molecule has 1 aliphatic heterocycles. The number of anilines is 1. The summed E-state index contributed by atoms with van der Waals surface area (Å²) in [5, 5.41) is 0. The maximum absolute atomic E-state index is 12.0. The lowest BCUT2D eigenvalue weighted by Gasteiger charge is -2.36. The van der Waals surface area contributed by atoms with Crippen molar-refractivity contribution in [3.63, 3.8) is 0 Å². The van der Waals surface area contributed by atoms with E-state index in [4.69, 9.17) is 9.47 Å². The SMILES string of the molecule is COc1cccnc1N1CCN(C(=O)OC(C)(C)C)CC1. The van der Waals surface area contributed by atoms with Crippen LogP contribution < -0.4 is 9.64 Å². The molecule has 1 saturated heterocycles. The normalized spacial score (nSPS) is 15.8. The van der Waals surface area contributed by atoms with Crippen molar-refractivity contribution in [2.24, 2.45) is 0 Å². The van der Waals surface area contributed by atoms with Crippen molar-refractivity contribution in [3.8, 4) is 5.75 Å². The summed E-state index contributed by atoms with van der Waals surface area (Å²) in [6.07, 6.45) is 1.49. The average Bonchev–Trinajstić information content (AvgIpc) is 2.45. The maximum atomic E-state index is 12.0. The number of aromatic nitrogens is 1. The van der Waals surface area contributed by atoms with E-state index >= 15 is 0 Å². The van der Waals surface area contributed by atoms with Gasteiger partial charge in [-0.15, -0.1) is 0 Å². The van der Waals surface area contributed by atoms with Gasteiger partial charge in [0.2, 0.25) is 0 Å². The third-order valence-corrected chi connectivity index (χ3v) is 3.20. The van der Waals surface area contributed by atoms with Gasteiger partial charge in [0, 0.05) is 32.4 Å². The monoisotopic (exact) mass is 293 g/mol. The highest BCUT2D eigenvalue weighted by Gasteiger charge is 2.27. The number of carbonyl (C=O) groups is 1. The molecule has 0 unspecified atom stereocenters. The van der Waals surface area contributed by atoms with E-state index in [-0.39, 0.29) is 6.09 Å². The maximum Gasteiger partial charge on any atom is 0.410 e. The van der Waals surface area contributed by atoms with Crippen LogP contribution >= 0.6 is 0 Å². The Morgan fingerprint density at radius 1 is 1.24 bits per heavy atom. The van der Waals surface area contributed by atoms with Crippen LogP contribution in [0.3, 0.4) is 0 Å². The molecule has 1 fully saturated rings. The largest absolute Gasteiger partial charge is 0.493 e. The van der Waals surface area contributed by atoms with Gasteiger partial charge in [-0.2, -0.15) is 0 Å². The number of hydrogen-bond acceptors (Lipinski definition) is 5. The average molecular weight is 293 g/mol. The minimum atomic E-state index is -0.460. The van der Waals surface area contributed by atoms with Crippen LogP contribution in [-0.2, 0) is 4.74 Å². The van der Waals surface area contributed by atoms with Crippen LogP contribution in [0.4, 0.5) is 10.6 Å². The van der Waals surface area contributed by atoms with Crippen molar-refractivity contribution in [1.29, 1.82) is 0 Å². The van der Waals surface area contributed by atoms with E-state index < -0.39 is 5.60 Å². The van der Waals surface area contributed by atoms with E-state index in [1.54, 1.807) is 18.2 Å². The molecule has 0 bridgehead atoms. The predicted molar refractivity (Wildman–Crippen MR) is 80.8 cm³/mol. The standard InChI is InChI=1S/C15H23N3O3/c1-15(2,3)21-14(19)18-10-8-17(9-11-18)13-12(20-4)6-5-7-16-13/h5-7H,8-11H2,1-4H3. The molecule has 1 aromatic heterocycles. The molecule has 0 radical (unpaired) electrons. The van der Waals surface area contributed by atoms with Gasteiger partial charge in [-0.05, 0) is 32.9 Å². The Bertz CT molecular complexity index is 491. The molecular formula is C15H23N3O3. The Balaban J connectivity index is 1.96. The summed E-state index contributed by atoms with van der Waals surface area (Å²) in [4.78, 5) is 20.3. The van der Waals surface area contributed by atoms with Gasteiger partial charge in [0.1, 0.15) is 5.60 Å². The Morgan fingerprint density at radius 2 is 1.90 bits per heavy atom. The second-order valence-corrected chi connectivity index (χ2v) is 5.98. The molecule has 6 nitrogen and oxygen atoms in total. The zero-order chi connectivity index (χ0) is 15.5. The summed E-state index contributed by atoms with van der Waals surface area (Å²) in [6.45, 7) is 8.29. The molecule has 0 saturated carbocycles. The summed E-state index contributed by atoms with van der Waals surface area (Å²) in [6, 6.07) is 3.74. The molecule has 0 aromatic carbocycles. The second kappa shape index (κ2) is 6.20. The lowest BCUT2D eigenvalue weighted by Crippen LogP contribution is -2.50. The van der Waals surface area contributed by atoms with Crippen LogP contribution in [0.1, 0.15) is 20.8 Å². The minimum Gasteiger partial charge on any atom is -0.493 e. The molecule has 0 atom stereocenters. The Labute approximate surface area is 125 Å². The van der Waals surface area contributed by atoms with E-state index in [0.29, 0.717) is 26.2 Å². The van der Waals surface area contributed by atoms with Gasteiger partial charge in [0.05, 0.1) is 7.11 Å². The van der Waals surface area contributed by atoms with E-state index in [0.717, 1.165) is 11.6 Å². The van der Waals surface area contributed by atoms with Crippen LogP contribution in [-0.4, -0.2) is 54.9 Å². The van der Waals surface area contributed by atoms with Gasteiger partial charge < -0.3 is 19.3 Å². The van der Waals surface area contributed by atoms with Crippen LogP contribution in [0.2, 0.25) is 0 Å². The molecule has 21 heavy (non-hydrogen) atoms. The molecule has 1 aromatic rings. The first-order chi connectivity index (χ1) is 9.90. The number of amides is 1. The van der Waals surface area contributed by atoms with Gasteiger partial charge in [-0.3, -0.25) is 0 Å². The predicted octanol–water partition coefficient (Wildman–Crippen LogP) is 2.15. The first-order valence-electron chi connectivity index (χ1n) is 7.12. The number of rotatable bonds is 2. The van der Waals surface area contributed by atoms with Crippen molar-refractivity contribution in [2.45, 2.75) is 26.4 Å². The fourth-order valence-corrected chi connectivity index (χ4v) is 2.21. The first kappa shape index (κ1) is 15.4. The number of piperazine rings is 1. The molecule has 116 valence electrons. The van der Waals surface area contributed by atoms with E-state index in [2.05, 4.69) is 9.88 Å². The number of methoxy groups -OCH3 is 1. The second-order valence-electron chi connectivity index (χ2n) is 5.98. The Kier molecular flexibility index (Phi) is 4.55. The summed E-state index contributed by atoms with van der Waals surface area (Å²) in [5.74, 6) is 1.58. The zero-order valence-electron chi connectivity index (χ0n) is 13.1. The highest BCUT2D eigenvalue weighted by Crippen LogP contribution is 2.25. The van der Waals surface area contributed by atoms with Crippen LogP contribution in [0.15, 0.2) is 18.3 Å². The van der Waals surface area contributed by atoms with E-state index in [1.807, 2.05) is 32.9 Å². The van der Waals surface area contributed by atoms with E-state index in [9.17, 15) is 4.79 Å². The fourth-order valence-electron chi connectivity index (χ4n) is 2.21. The van der Waals surface area contributed by atoms with Gasteiger partial charge in [-0.1, -0.05) is 0 Å². The summed E-state index contributed by atoms with van der Waals surface area (Å²) in [5.41, 5.74) is -0.460. The van der Waals surface area contributed by atoms with Gasteiger partial charge >= 0.3 is 6.09 Å². The van der Waals surface area contributed by atoms with Gasteiger partial charge in [-0.25, -0.2) is 9.78 Å². The zero-order valence-corrected chi connectivity index (χ0v) is 13.1. The van der Waals surface area contributed by atoms with Crippen LogP contribution in [0.5, 0.6) is 5.75 Å². The fraction of sp³-hybridized carbons (Fsp3) is 0.600. The van der Waals surface area contributed by atoms with Crippen LogP contribution in [0, 0.1) is 0 Å². The Morgan fingerprint density at radius 3 is 2.48 bits per heavy atom. The first-order valence-corrected chi connectivity index (χ1v) is 7.12. The van der Waals surface area contributed by atoms with Crippen molar-refractivity contribution in [3.05, 3.63) is 18.3 Å². The lowest BCUT2D eigenvalue weighted by atomic mass is 10.2. The number of ether oxygens (including phenoxy) is 2. The van der Waals surface area contributed by atoms with Crippen molar-refractivity contribution >= 4 is 11.9 Å². The van der Waals surface area contributed by atoms with Crippen LogP contribution in [0.25, 0.3) is 0 Å². The molecule has 2 heterocycles. The molecule has 2 rings (SSSR count). The number of hydrogen-bond donors (Lipinski definition) is 0. The molecule has 1 aliphatic rings. The highest BCUT2D eigenvalue weighted by atomic mass is 16.6. The number of pyridine rings is 1. The molecule has 0 aliphatic carbocycles. The summed E-state index contributed by atoms with van der Waals surface area (Å²) >= 11 is 0. The topological polar surface area (TPSA) is 54.9 Å². The number of nitrogens with zero attached hydrogens (tertiary/aromatic N) is 3. The van der Waals surface area contributed by atoms with Gasteiger partial charge in [0.15, 0.2) is 11.6 Å². The molecular weight excluding hydrogens is 270 g/mol. The van der Waals surface area contributed by atoms with Crippen molar-refractivity contribution < 1.29 is 14.3 Å². The summed E-state index contributed by atoms with van der Waals surface area (Å²) < 4.78 is 10.7. The number of carbonyl (C=O) groups excluding carboxylic acids is 1. The third-order valence-electron chi connectivity index (χ3n) is 3.20. The molecule has 0 spiro atoms. The molecule has 1 amide bonds. The van der Waals surface area contributed by atoms with E-state index in [1.165, 1.54) is 0 Å². The molecule has 6 heteroatoms. The molecule has 0 N–H and O–H groups in total. The quantitative estimate of drug-likeness (QED) is 0.836. The summed E-state index contributed by atoms with van der Waals surface area (Å²) in [7, 11) is 1.64. The minimum absolute atomic E-state index is 0.255. The lowest BCUT2D eigenvalue weighted by molar-refractivity contribution is 0.0240. The van der Waals surface area contributed by atoms with Crippen molar-refractivity contribution in [1.82, 2.24) is 9.88 Å².